The molecule has 7 nitrogen and oxygen atoms in total. The molecule has 1 N–H and O–H groups in total. The predicted octanol–water partition coefficient (Wildman–Crippen LogP) is 3.56. The number of carbonyl (C=O) groups is 2. The lowest BCUT2D eigenvalue weighted by Gasteiger charge is -2.31. The zero-order valence-corrected chi connectivity index (χ0v) is 16.1. The molecule has 0 aliphatic carbocycles. The molecule has 0 radical (unpaired) electrons. The van der Waals surface area contributed by atoms with Crippen LogP contribution in [0.25, 0.3) is 0 Å². The number of hydrogen-bond acceptors (Lipinski definition) is 5. The number of piperidine rings is 1. The molecule has 7 heteroatoms. The number of hydrogen-bond donors (Lipinski definition) is 1. The summed E-state index contributed by atoms with van der Waals surface area (Å²) in [7, 11) is 0. The minimum absolute atomic E-state index is 0.0455. The number of anilines is 1. The minimum Gasteiger partial charge on any atom is -0.339 e. The number of benzene rings is 1. The van der Waals surface area contributed by atoms with E-state index in [0.717, 1.165) is 12.8 Å². The molecule has 2 aromatic rings. The van der Waals surface area contributed by atoms with Crippen LogP contribution in [0, 0.1) is 0 Å². The molecule has 1 fully saturated rings. The largest absolute Gasteiger partial charge is 0.339 e. The fourth-order valence-corrected chi connectivity index (χ4v) is 3.17. The van der Waals surface area contributed by atoms with Crippen LogP contribution in [0.3, 0.4) is 0 Å². The SMILES string of the molecule is CCC(=O)Nc1cccc(C(=O)N2CCCC(c3nc(C(C)C)no3)C2)c1. The van der Waals surface area contributed by atoms with Gasteiger partial charge in [-0.3, -0.25) is 9.59 Å². The highest BCUT2D eigenvalue weighted by molar-refractivity contribution is 5.97. The zero-order valence-electron chi connectivity index (χ0n) is 16.1. The molecule has 0 spiro atoms. The summed E-state index contributed by atoms with van der Waals surface area (Å²) in [5.41, 5.74) is 1.21. The van der Waals surface area contributed by atoms with Gasteiger partial charge in [0, 0.05) is 36.7 Å². The van der Waals surface area contributed by atoms with E-state index >= 15 is 0 Å². The Labute approximate surface area is 159 Å². The van der Waals surface area contributed by atoms with Gasteiger partial charge in [0.1, 0.15) is 0 Å². The summed E-state index contributed by atoms with van der Waals surface area (Å²) in [4.78, 5) is 30.8. The summed E-state index contributed by atoms with van der Waals surface area (Å²) >= 11 is 0. The molecule has 1 aliphatic heterocycles. The van der Waals surface area contributed by atoms with Crippen molar-refractivity contribution in [1.82, 2.24) is 15.0 Å². The lowest BCUT2D eigenvalue weighted by atomic mass is 9.97. The topological polar surface area (TPSA) is 88.3 Å². The van der Waals surface area contributed by atoms with Crippen molar-refractivity contribution in [1.29, 1.82) is 0 Å². The average Bonchev–Trinajstić information content (AvgIpc) is 3.18. The Balaban J connectivity index is 1.71. The van der Waals surface area contributed by atoms with Gasteiger partial charge in [-0.2, -0.15) is 4.98 Å². The van der Waals surface area contributed by atoms with E-state index in [1.807, 2.05) is 18.7 Å². The zero-order chi connectivity index (χ0) is 19.4. The van der Waals surface area contributed by atoms with E-state index in [1.165, 1.54) is 0 Å². The number of likely N-dealkylation sites (tertiary alicyclic amines) is 1. The van der Waals surface area contributed by atoms with Crippen LogP contribution in [0.2, 0.25) is 0 Å². The smallest absolute Gasteiger partial charge is 0.253 e. The van der Waals surface area contributed by atoms with Gasteiger partial charge in [0.25, 0.3) is 5.91 Å². The van der Waals surface area contributed by atoms with E-state index < -0.39 is 0 Å². The fourth-order valence-electron chi connectivity index (χ4n) is 3.17. The maximum atomic E-state index is 12.9. The van der Waals surface area contributed by atoms with Crippen LogP contribution in [0.15, 0.2) is 28.8 Å². The van der Waals surface area contributed by atoms with Gasteiger partial charge in [-0.05, 0) is 31.0 Å². The van der Waals surface area contributed by atoms with Gasteiger partial charge >= 0.3 is 0 Å². The molecule has 3 rings (SSSR count). The van der Waals surface area contributed by atoms with Gasteiger partial charge in [0.2, 0.25) is 11.8 Å². The second-order valence-corrected chi connectivity index (χ2v) is 7.22. The Hall–Kier alpha value is -2.70. The van der Waals surface area contributed by atoms with Crippen molar-refractivity contribution in [2.45, 2.75) is 51.9 Å². The van der Waals surface area contributed by atoms with Crippen LogP contribution < -0.4 is 5.32 Å². The van der Waals surface area contributed by atoms with Gasteiger partial charge < -0.3 is 14.7 Å². The lowest BCUT2D eigenvalue weighted by molar-refractivity contribution is -0.115. The molecule has 1 aliphatic rings. The molecular weight excluding hydrogens is 344 g/mol. The second-order valence-electron chi connectivity index (χ2n) is 7.22. The monoisotopic (exact) mass is 370 g/mol. The maximum Gasteiger partial charge on any atom is 0.253 e. The van der Waals surface area contributed by atoms with E-state index in [4.69, 9.17) is 4.52 Å². The molecule has 2 heterocycles. The van der Waals surface area contributed by atoms with Crippen molar-refractivity contribution in [3.63, 3.8) is 0 Å². The van der Waals surface area contributed by atoms with E-state index in [0.29, 0.717) is 42.5 Å². The summed E-state index contributed by atoms with van der Waals surface area (Å²) < 4.78 is 5.43. The van der Waals surface area contributed by atoms with E-state index in [-0.39, 0.29) is 23.7 Å². The van der Waals surface area contributed by atoms with Gasteiger partial charge in [0.15, 0.2) is 5.82 Å². The van der Waals surface area contributed by atoms with Gasteiger partial charge in [-0.25, -0.2) is 0 Å². The number of rotatable bonds is 5. The van der Waals surface area contributed by atoms with Crippen molar-refractivity contribution in [3.8, 4) is 0 Å². The minimum atomic E-state index is -0.0741. The number of carbonyl (C=O) groups excluding carboxylic acids is 2. The Kier molecular flexibility index (Phi) is 5.88. The first kappa shape index (κ1) is 19.1. The van der Waals surface area contributed by atoms with Crippen molar-refractivity contribution < 1.29 is 14.1 Å². The lowest BCUT2D eigenvalue weighted by Crippen LogP contribution is -2.39. The summed E-state index contributed by atoms with van der Waals surface area (Å²) in [6.07, 6.45) is 2.21. The van der Waals surface area contributed by atoms with Crippen LogP contribution in [0.4, 0.5) is 5.69 Å². The first-order valence-electron chi connectivity index (χ1n) is 9.50. The Bertz CT molecular complexity index is 815. The Morgan fingerprint density at radius 3 is 2.89 bits per heavy atom. The Morgan fingerprint density at radius 1 is 1.37 bits per heavy atom. The Morgan fingerprint density at radius 2 is 2.19 bits per heavy atom. The van der Waals surface area contributed by atoms with Crippen LogP contribution in [0.5, 0.6) is 0 Å². The highest BCUT2D eigenvalue weighted by atomic mass is 16.5. The molecule has 144 valence electrons. The molecule has 1 saturated heterocycles. The van der Waals surface area contributed by atoms with Crippen molar-refractivity contribution >= 4 is 17.5 Å². The van der Waals surface area contributed by atoms with E-state index in [2.05, 4.69) is 15.5 Å². The summed E-state index contributed by atoms with van der Waals surface area (Å²) in [6.45, 7) is 7.10. The van der Waals surface area contributed by atoms with Crippen LogP contribution >= 0.6 is 0 Å². The fraction of sp³-hybridized carbons (Fsp3) is 0.500. The van der Waals surface area contributed by atoms with E-state index in [1.54, 1.807) is 31.2 Å². The van der Waals surface area contributed by atoms with Gasteiger partial charge in [0.05, 0.1) is 5.92 Å². The quantitative estimate of drug-likeness (QED) is 0.869. The normalized spacial score (nSPS) is 17.2. The van der Waals surface area contributed by atoms with Crippen LogP contribution in [-0.2, 0) is 4.79 Å². The number of amides is 2. The van der Waals surface area contributed by atoms with Crippen molar-refractivity contribution in [2.24, 2.45) is 0 Å². The number of nitrogens with zero attached hydrogens (tertiary/aromatic N) is 3. The molecule has 1 atom stereocenters. The van der Waals surface area contributed by atoms with Crippen LogP contribution in [0.1, 0.15) is 73.9 Å². The van der Waals surface area contributed by atoms with Crippen LogP contribution in [-0.4, -0.2) is 39.9 Å². The third-order valence-corrected chi connectivity index (χ3v) is 4.75. The first-order valence-corrected chi connectivity index (χ1v) is 9.50. The van der Waals surface area contributed by atoms with Gasteiger partial charge in [-0.1, -0.05) is 32.0 Å². The molecule has 0 bridgehead atoms. The molecule has 0 saturated carbocycles. The molecule has 1 aromatic heterocycles. The third-order valence-electron chi connectivity index (χ3n) is 4.75. The third kappa shape index (κ3) is 4.53. The predicted molar refractivity (Wildman–Crippen MR) is 102 cm³/mol. The summed E-state index contributed by atoms with van der Waals surface area (Å²) in [5.74, 6) is 1.47. The van der Waals surface area contributed by atoms with Gasteiger partial charge in [-0.15, -0.1) is 0 Å². The highest BCUT2D eigenvalue weighted by Crippen LogP contribution is 2.28. The highest BCUT2D eigenvalue weighted by Gasteiger charge is 2.29. The molecule has 1 unspecified atom stereocenters. The molecule has 2 amide bonds. The average molecular weight is 370 g/mol. The van der Waals surface area contributed by atoms with E-state index in [9.17, 15) is 9.59 Å². The second kappa shape index (κ2) is 8.33. The number of aromatic nitrogens is 2. The molecule has 1 aromatic carbocycles. The number of nitrogens with one attached hydrogen (secondary N) is 1. The van der Waals surface area contributed by atoms with Crippen molar-refractivity contribution in [3.05, 3.63) is 41.5 Å². The first-order chi connectivity index (χ1) is 13.0. The maximum absolute atomic E-state index is 12.9. The van der Waals surface area contributed by atoms with Crippen molar-refractivity contribution in [2.75, 3.05) is 18.4 Å². The summed E-state index contributed by atoms with van der Waals surface area (Å²) in [5, 5.41) is 6.83. The standard InChI is InChI=1S/C20H26N4O3/c1-4-17(25)21-16-9-5-7-14(11-16)20(26)24-10-6-8-15(12-24)19-22-18(13(2)3)23-27-19/h5,7,9,11,13,15H,4,6,8,10,12H2,1-3H3,(H,21,25). The summed E-state index contributed by atoms with van der Waals surface area (Å²) in [6, 6.07) is 7.07. The molecular formula is C20H26N4O3. The molecule has 27 heavy (non-hydrogen) atoms.